The van der Waals surface area contributed by atoms with Gasteiger partial charge in [0.15, 0.2) is 0 Å². The molecule has 2 aromatic rings. The maximum atomic E-state index is 13.8. The molecular formula is C18H15ClFN3O3. The van der Waals surface area contributed by atoms with Crippen LogP contribution in [-0.2, 0) is 21.5 Å². The molecule has 0 spiro atoms. The highest BCUT2D eigenvalue weighted by molar-refractivity contribution is 6.31. The summed E-state index contributed by atoms with van der Waals surface area (Å²) >= 11 is 5.93. The van der Waals surface area contributed by atoms with Gasteiger partial charge >= 0.3 is 6.03 Å². The molecule has 8 heteroatoms. The number of carbonyl (C=O) groups is 3. The zero-order valence-corrected chi connectivity index (χ0v) is 14.5. The maximum absolute atomic E-state index is 13.8. The van der Waals surface area contributed by atoms with Crippen molar-refractivity contribution in [1.82, 2.24) is 10.6 Å². The van der Waals surface area contributed by atoms with E-state index in [0.29, 0.717) is 11.3 Å². The lowest BCUT2D eigenvalue weighted by Crippen LogP contribution is -2.40. The Morgan fingerprint density at radius 3 is 2.62 bits per heavy atom. The lowest BCUT2D eigenvalue weighted by Gasteiger charge is -2.21. The maximum Gasteiger partial charge on any atom is 0.322 e. The van der Waals surface area contributed by atoms with Crippen molar-refractivity contribution in [2.45, 2.75) is 18.9 Å². The van der Waals surface area contributed by atoms with Crippen molar-refractivity contribution in [3.05, 3.63) is 64.4 Å². The minimum atomic E-state index is -1.23. The summed E-state index contributed by atoms with van der Waals surface area (Å²) in [4.78, 5) is 35.7. The molecule has 1 aliphatic heterocycles. The van der Waals surface area contributed by atoms with Crippen LogP contribution in [-0.4, -0.2) is 17.8 Å². The van der Waals surface area contributed by atoms with Gasteiger partial charge in [-0.1, -0.05) is 29.8 Å². The molecule has 3 N–H and O–H groups in total. The van der Waals surface area contributed by atoms with Gasteiger partial charge in [0.2, 0.25) is 5.91 Å². The van der Waals surface area contributed by atoms with Crippen molar-refractivity contribution >= 4 is 35.1 Å². The molecule has 1 fully saturated rings. The molecule has 134 valence electrons. The Morgan fingerprint density at radius 1 is 1.23 bits per heavy atom. The number of benzene rings is 2. The number of hydrogen-bond donors (Lipinski definition) is 3. The largest absolute Gasteiger partial charge is 0.326 e. The fraction of sp³-hybridized carbons (Fsp3) is 0.167. The zero-order chi connectivity index (χ0) is 18.9. The van der Waals surface area contributed by atoms with Gasteiger partial charge in [0.05, 0.1) is 6.42 Å². The van der Waals surface area contributed by atoms with Crippen LogP contribution in [0.3, 0.4) is 0 Å². The first-order valence-corrected chi connectivity index (χ1v) is 8.14. The predicted octanol–water partition coefficient (Wildman–Crippen LogP) is 2.71. The Kier molecular flexibility index (Phi) is 4.65. The van der Waals surface area contributed by atoms with Crippen molar-refractivity contribution in [2.75, 3.05) is 5.32 Å². The number of anilines is 1. The number of urea groups is 1. The summed E-state index contributed by atoms with van der Waals surface area (Å²) in [5.41, 5.74) is -0.206. The van der Waals surface area contributed by atoms with Crippen molar-refractivity contribution in [1.29, 1.82) is 0 Å². The lowest BCUT2D eigenvalue weighted by atomic mass is 9.92. The van der Waals surface area contributed by atoms with Gasteiger partial charge in [-0.3, -0.25) is 14.9 Å². The summed E-state index contributed by atoms with van der Waals surface area (Å²) in [6, 6.07) is 10.1. The highest BCUT2D eigenvalue weighted by Crippen LogP contribution is 2.27. The van der Waals surface area contributed by atoms with E-state index in [-0.39, 0.29) is 17.0 Å². The van der Waals surface area contributed by atoms with E-state index in [4.69, 9.17) is 11.6 Å². The smallest absolute Gasteiger partial charge is 0.322 e. The van der Waals surface area contributed by atoms with Gasteiger partial charge in [-0.2, -0.15) is 0 Å². The van der Waals surface area contributed by atoms with Crippen molar-refractivity contribution < 1.29 is 18.8 Å². The third-order valence-corrected chi connectivity index (χ3v) is 4.52. The number of hydrogen-bond acceptors (Lipinski definition) is 3. The summed E-state index contributed by atoms with van der Waals surface area (Å²) in [6.45, 7) is 1.56. The highest BCUT2D eigenvalue weighted by atomic mass is 35.5. The first-order valence-electron chi connectivity index (χ1n) is 7.76. The van der Waals surface area contributed by atoms with Crippen LogP contribution in [0.1, 0.15) is 18.1 Å². The molecule has 1 unspecified atom stereocenters. The number of carbonyl (C=O) groups excluding carboxylic acids is 3. The molecule has 1 saturated heterocycles. The first-order chi connectivity index (χ1) is 12.3. The highest BCUT2D eigenvalue weighted by Gasteiger charge is 2.43. The molecule has 0 aliphatic carbocycles. The number of rotatable bonds is 4. The van der Waals surface area contributed by atoms with Gasteiger partial charge in [-0.25, -0.2) is 9.18 Å². The SMILES string of the molecule is CC1(c2cccc(NC(=O)Cc3c(F)cccc3Cl)c2)NC(=O)NC1=O. The quantitative estimate of drug-likeness (QED) is 0.718. The Balaban J connectivity index is 1.78. The standard InChI is InChI=1S/C18H15ClFN3O3/c1-18(16(25)22-17(26)23-18)10-4-2-5-11(8-10)21-15(24)9-12-13(19)6-3-7-14(12)20/h2-8H,9H2,1H3,(H,21,24)(H2,22,23,25,26). The van der Waals surface area contributed by atoms with Gasteiger partial charge in [0, 0.05) is 16.3 Å². The zero-order valence-electron chi connectivity index (χ0n) is 13.7. The average Bonchev–Trinajstić information content (AvgIpc) is 2.85. The topological polar surface area (TPSA) is 87.3 Å². The Labute approximate surface area is 153 Å². The van der Waals surface area contributed by atoms with E-state index in [2.05, 4.69) is 16.0 Å². The van der Waals surface area contributed by atoms with E-state index >= 15 is 0 Å². The van der Waals surface area contributed by atoms with Gasteiger partial charge in [-0.05, 0) is 36.8 Å². The third kappa shape index (κ3) is 3.39. The second-order valence-electron chi connectivity index (χ2n) is 6.04. The fourth-order valence-electron chi connectivity index (χ4n) is 2.72. The normalized spacial score (nSPS) is 19.0. The third-order valence-electron chi connectivity index (χ3n) is 4.17. The molecular weight excluding hydrogens is 361 g/mol. The summed E-state index contributed by atoms with van der Waals surface area (Å²) in [5.74, 6) is -1.50. The van der Waals surface area contributed by atoms with Gasteiger partial charge < -0.3 is 10.6 Å². The first kappa shape index (κ1) is 17.9. The molecule has 6 nitrogen and oxygen atoms in total. The number of nitrogens with one attached hydrogen (secondary N) is 3. The summed E-state index contributed by atoms with van der Waals surface area (Å²) in [6.07, 6.45) is -0.232. The Morgan fingerprint density at radius 2 is 1.96 bits per heavy atom. The van der Waals surface area contributed by atoms with Crippen LogP contribution in [0.4, 0.5) is 14.9 Å². The van der Waals surface area contributed by atoms with Crippen LogP contribution in [0.25, 0.3) is 0 Å². The lowest BCUT2D eigenvalue weighted by molar-refractivity contribution is -0.123. The average molecular weight is 376 g/mol. The fourth-order valence-corrected chi connectivity index (χ4v) is 2.95. The molecule has 4 amide bonds. The van der Waals surface area contributed by atoms with Gasteiger partial charge in [-0.15, -0.1) is 0 Å². The number of halogens is 2. The van der Waals surface area contributed by atoms with Crippen LogP contribution in [0, 0.1) is 5.82 Å². The molecule has 0 aromatic heterocycles. The van der Waals surface area contributed by atoms with E-state index in [1.807, 2.05) is 0 Å². The minimum Gasteiger partial charge on any atom is -0.326 e. The molecule has 0 saturated carbocycles. The van der Waals surface area contributed by atoms with Crippen molar-refractivity contribution in [3.63, 3.8) is 0 Å². The minimum absolute atomic E-state index is 0.109. The van der Waals surface area contributed by atoms with Crippen molar-refractivity contribution in [3.8, 4) is 0 Å². The Hall–Kier alpha value is -2.93. The van der Waals surface area contributed by atoms with Crippen LogP contribution in [0.5, 0.6) is 0 Å². The molecule has 1 atom stereocenters. The summed E-state index contributed by atoms with van der Waals surface area (Å²) < 4.78 is 13.8. The summed E-state index contributed by atoms with van der Waals surface area (Å²) in [7, 11) is 0. The van der Waals surface area contributed by atoms with Crippen LogP contribution < -0.4 is 16.0 Å². The molecule has 2 aromatic carbocycles. The van der Waals surface area contributed by atoms with E-state index in [9.17, 15) is 18.8 Å². The van der Waals surface area contributed by atoms with Crippen LogP contribution in [0.15, 0.2) is 42.5 Å². The summed E-state index contributed by atoms with van der Waals surface area (Å²) in [5, 5.41) is 7.55. The van der Waals surface area contributed by atoms with Gasteiger partial charge in [0.25, 0.3) is 5.91 Å². The Bertz CT molecular complexity index is 898. The van der Waals surface area contributed by atoms with E-state index in [1.54, 1.807) is 31.2 Å². The number of imide groups is 1. The molecule has 3 rings (SSSR count). The second-order valence-corrected chi connectivity index (χ2v) is 6.45. The molecule has 0 radical (unpaired) electrons. The molecule has 1 aliphatic rings. The molecule has 1 heterocycles. The monoisotopic (exact) mass is 375 g/mol. The molecule has 0 bridgehead atoms. The van der Waals surface area contributed by atoms with E-state index in [1.165, 1.54) is 18.2 Å². The van der Waals surface area contributed by atoms with Crippen molar-refractivity contribution in [2.24, 2.45) is 0 Å². The van der Waals surface area contributed by atoms with E-state index < -0.39 is 29.2 Å². The number of amides is 4. The predicted molar refractivity (Wildman–Crippen MR) is 94.2 cm³/mol. The molecule has 26 heavy (non-hydrogen) atoms. The van der Waals surface area contributed by atoms with Gasteiger partial charge in [0.1, 0.15) is 11.4 Å². The van der Waals surface area contributed by atoms with E-state index in [0.717, 1.165) is 0 Å². The van der Waals surface area contributed by atoms with Crippen LogP contribution in [0.2, 0.25) is 5.02 Å². The van der Waals surface area contributed by atoms with Crippen LogP contribution >= 0.6 is 11.6 Å². The second kappa shape index (κ2) is 6.76.